The van der Waals surface area contributed by atoms with E-state index in [0.29, 0.717) is 13.1 Å². The number of rotatable bonds is 6. The molecule has 0 aliphatic rings. The fraction of sp³-hybridized carbons (Fsp3) is 0.250. The first-order valence-electron chi connectivity index (χ1n) is 5.32. The highest BCUT2D eigenvalue weighted by molar-refractivity contribution is 7.09. The molecule has 4 nitrogen and oxygen atoms in total. The van der Waals surface area contributed by atoms with E-state index < -0.39 is 5.97 Å². The summed E-state index contributed by atoms with van der Waals surface area (Å²) in [6.07, 6.45) is 1.59. The molecule has 1 unspecified atom stereocenters. The number of hydrogen-bond donors (Lipinski definition) is 1. The van der Waals surface area contributed by atoms with Crippen LogP contribution in [0.4, 0.5) is 0 Å². The number of carboxylic acid groups (broad SMARTS) is 1. The van der Waals surface area contributed by atoms with Crippen LogP contribution in [0.15, 0.2) is 40.3 Å². The largest absolute Gasteiger partial charge is 0.544 e. The Kier molecular flexibility index (Phi) is 3.95. The molecule has 1 atom stereocenters. The van der Waals surface area contributed by atoms with E-state index in [1.54, 1.807) is 23.7 Å². The summed E-state index contributed by atoms with van der Waals surface area (Å²) in [5.41, 5.74) is 0. The van der Waals surface area contributed by atoms with E-state index in [0.717, 1.165) is 15.5 Å². The number of thiophene rings is 1. The SMILES string of the molecule is O=C([O-])C[NH+](Cc1ccco1)Cc1cccs1. The fourth-order valence-corrected chi connectivity index (χ4v) is 2.49. The number of furan rings is 1. The van der Waals surface area contributed by atoms with Crippen LogP contribution in [0.5, 0.6) is 0 Å². The molecule has 0 radical (unpaired) electrons. The Morgan fingerprint density at radius 2 is 2.24 bits per heavy atom. The molecule has 0 saturated heterocycles. The van der Waals surface area contributed by atoms with Crippen molar-refractivity contribution in [3.8, 4) is 0 Å². The van der Waals surface area contributed by atoms with Gasteiger partial charge in [-0.15, -0.1) is 11.3 Å². The molecule has 0 amide bonds. The summed E-state index contributed by atoms with van der Waals surface area (Å²) >= 11 is 1.63. The zero-order chi connectivity index (χ0) is 12.1. The number of carbonyl (C=O) groups excluding carboxylic acids is 1. The van der Waals surface area contributed by atoms with Gasteiger partial charge in [0.15, 0.2) is 5.76 Å². The van der Waals surface area contributed by atoms with Gasteiger partial charge < -0.3 is 19.2 Å². The topological polar surface area (TPSA) is 57.7 Å². The van der Waals surface area contributed by atoms with Gasteiger partial charge in [0, 0.05) is 0 Å². The van der Waals surface area contributed by atoms with Crippen LogP contribution in [0.3, 0.4) is 0 Å². The number of aliphatic carboxylic acids is 1. The van der Waals surface area contributed by atoms with Crippen molar-refractivity contribution in [2.24, 2.45) is 0 Å². The Balaban J connectivity index is 2.00. The highest BCUT2D eigenvalue weighted by Gasteiger charge is 2.13. The number of carboxylic acids is 1. The van der Waals surface area contributed by atoms with E-state index in [4.69, 9.17) is 4.42 Å². The monoisotopic (exact) mass is 251 g/mol. The van der Waals surface area contributed by atoms with Crippen molar-refractivity contribution in [1.82, 2.24) is 0 Å². The molecule has 2 heterocycles. The molecule has 0 bridgehead atoms. The van der Waals surface area contributed by atoms with Crippen molar-refractivity contribution in [1.29, 1.82) is 0 Å². The van der Waals surface area contributed by atoms with Crippen molar-refractivity contribution in [3.63, 3.8) is 0 Å². The molecule has 0 aromatic carbocycles. The van der Waals surface area contributed by atoms with Gasteiger partial charge in [-0.05, 0) is 23.6 Å². The smallest absolute Gasteiger partial charge is 0.157 e. The summed E-state index contributed by atoms with van der Waals surface area (Å²) in [4.78, 5) is 12.8. The average Bonchev–Trinajstić information content (AvgIpc) is 2.89. The first kappa shape index (κ1) is 11.9. The number of carbonyl (C=O) groups is 1. The molecule has 0 fully saturated rings. The van der Waals surface area contributed by atoms with Crippen LogP contribution in [-0.4, -0.2) is 12.5 Å². The molecule has 0 saturated carbocycles. The Morgan fingerprint density at radius 1 is 1.35 bits per heavy atom. The lowest BCUT2D eigenvalue weighted by Gasteiger charge is -2.18. The summed E-state index contributed by atoms with van der Waals surface area (Å²) in [7, 11) is 0. The fourth-order valence-electron chi connectivity index (χ4n) is 1.71. The van der Waals surface area contributed by atoms with Crippen molar-refractivity contribution >= 4 is 17.3 Å². The quantitative estimate of drug-likeness (QED) is 0.765. The third-order valence-electron chi connectivity index (χ3n) is 2.40. The van der Waals surface area contributed by atoms with E-state index in [1.807, 2.05) is 23.6 Å². The normalized spacial score (nSPS) is 12.5. The second-order valence-corrected chi connectivity index (χ2v) is 4.84. The van der Waals surface area contributed by atoms with Crippen LogP contribution in [0.25, 0.3) is 0 Å². The number of quaternary nitrogens is 1. The molecule has 0 aliphatic carbocycles. The lowest BCUT2D eigenvalue weighted by Crippen LogP contribution is -3.10. The molecular weight excluding hydrogens is 238 g/mol. The molecular formula is C12H13NO3S. The standard InChI is InChI=1S/C12H13NO3S/c14-12(15)9-13(7-10-3-1-5-16-10)8-11-4-2-6-17-11/h1-6H,7-9H2,(H,14,15). The van der Waals surface area contributed by atoms with E-state index >= 15 is 0 Å². The second-order valence-electron chi connectivity index (χ2n) is 3.81. The summed E-state index contributed by atoms with van der Waals surface area (Å²) in [5, 5.41) is 12.7. The molecule has 2 rings (SSSR count). The Morgan fingerprint density at radius 3 is 2.82 bits per heavy atom. The van der Waals surface area contributed by atoms with E-state index in [2.05, 4.69) is 0 Å². The van der Waals surface area contributed by atoms with Crippen LogP contribution >= 0.6 is 11.3 Å². The van der Waals surface area contributed by atoms with Gasteiger partial charge in [0.05, 0.1) is 17.1 Å². The summed E-state index contributed by atoms with van der Waals surface area (Å²) in [5.74, 6) is -0.249. The highest BCUT2D eigenvalue weighted by Crippen LogP contribution is 2.06. The zero-order valence-electron chi connectivity index (χ0n) is 9.22. The Hall–Kier alpha value is -1.59. The highest BCUT2D eigenvalue weighted by atomic mass is 32.1. The summed E-state index contributed by atoms with van der Waals surface area (Å²) < 4.78 is 5.23. The predicted octanol–water partition coefficient (Wildman–Crippen LogP) is -0.324. The lowest BCUT2D eigenvalue weighted by atomic mass is 10.3. The van der Waals surface area contributed by atoms with Crippen molar-refractivity contribution < 1.29 is 19.2 Å². The zero-order valence-corrected chi connectivity index (χ0v) is 10.0. The van der Waals surface area contributed by atoms with E-state index in [-0.39, 0.29) is 6.54 Å². The van der Waals surface area contributed by atoms with Crippen LogP contribution in [-0.2, 0) is 17.9 Å². The minimum Gasteiger partial charge on any atom is -0.544 e. The molecule has 17 heavy (non-hydrogen) atoms. The maximum absolute atomic E-state index is 10.7. The first-order chi connectivity index (χ1) is 8.24. The van der Waals surface area contributed by atoms with Gasteiger partial charge in [0.1, 0.15) is 19.6 Å². The van der Waals surface area contributed by atoms with Gasteiger partial charge in [-0.1, -0.05) is 6.07 Å². The average molecular weight is 251 g/mol. The summed E-state index contributed by atoms with van der Waals surface area (Å²) in [6.45, 7) is 1.21. The second kappa shape index (κ2) is 5.65. The van der Waals surface area contributed by atoms with Crippen LogP contribution < -0.4 is 10.0 Å². The third-order valence-corrected chi connectivity index (χ3v) is 3.28. The van der Waals surface area contributed by atoms with Crippen molar-refractivity contribution in [2.75, 3.05) is 6.54 Å². The van der Waals surface area contributed by atoms with Crippen molar-refractivity contribution in [2.45, 2.75) is 13.1 Å². The van der Waals surface area contributed by atoms with Gasteiger partial charge in [0.2, 0.25) is 0 Å². The van der Waals surface area contributed by atoms with Gasteiger partial charge in [-0.25, -0.2) is 0 Å². The molecule has 90 valence electrons. The molecule has 2 aromatic heterocycles. The van der Waals surface area contributed by atoms with Gasteiger partial charge in [-0.3, -0.25) is 0 Å². The van der Waals surface area contributed by atoms with E-state index in [1.165, 1.54) is 0 Å². The molecule has 2 aromatic rings. The van der Waals surface area contributed by atoms with Gasteiger partial charge in [0.25, 0.3) is 0 Å². The maximum atomic E-state index is 10.7. The van der Waals surface area contributed by atoms with Crippen LogP contribution in [0.1, 0.15) is 10.6 Å². The maximum Gasteiger partial charge on any atom is 0.157 e. The molecule has 5 heteroatoms. The van der Waals surface area contributed by atoms with Crippen LogP contribution in [0, 0.1) is 0 Å². The molecule has 0 aliphatic heterocycles. The number of hydrogen-bond acceptors (Lipinski definition) is 4. The lowest BCUT2D eigenvalue weighted by molar-refractivity contribution is -0.922. The minimum absolute atomic E-state index is 0.0153. The number of nitrogens with one attached hydrogen (secondary N) is 1. The van der Waals surface area contributed by atoms with Gasteiger partial charge >= 0.3 is 0 Å². The van der Waals surface area contributed by atoms with Gasteiger partial charge in [-0.2, -0.15) is 0 Å². The third kappa shape index (κ3) is 3.72. The molecule has 1 N–H and O–H groups in total. The van der Waals surface area contributed by atoms with E-state index in [9.17, 15) is 9.90 Å². The Labute approximate surface area is 103 Å². The molecule has 0 spiro atoms. The van der Waals surface area contributed by atoms with Crippen molar-refractivity contribution in [3.05, 3.63) is 46.5 Å². The van der Waals surface area contributed by atoms with Crippen LogP contribution in [0.2, 0.25) is 0 Å². The Bertz CT molecular complexity index is 414. The first-order valence-corrected chi connectivity index (χ1v) is 6.20. The predicted molar refractivity (Wildman–Crippen MR) is 61.3 cm³/mol. The minimum atomic E-state index is -1.04. The summed E-state index contributed by atoms with van der Waals surface area (Å²) in [6, 6.07) is 7.62.